The summed E-state index contributed by atoms with van der Waals surface area (Å²) in [5, 5.41) is 1.86. The van der Waals surface area contributed by atoms with Crippen LogP contribution in [0.4, 0.5) is 0 Å². The number of aromatic nitrogens is 4. The zero-order valence-electron chi connectivity index (χ0n) is 14.5. The lowest BCUT2D eigenvalue weighted by atomic mass is 10.3. The number of esters is 1. The van der Waals surface area contributed by atoms with Gasteiger partial charge in [-0.25, -0.2) is 14.8 Å². The lowest BCUT2D eigenvalue weighted by Crippen LogP contribution is -2.37. The number of fused-ring (bicyclic) bond motifs is 1. The van der Waals surface area contributed by atoms with Gasteiger partial charge in [0.25, 0.3) is 5.56 Å². The van der Waals surface area contributed by atoms with Crippen molar-refractivity contribution in [3.63, 3.8) is 0 Å². The van der Waals surface area contributed by atoms with Crippen molar-refractivity contribution >= 4 is 40.1 Å². The number of nitrogens with zero attached hydrogens (tertiary/aromatic N) is 4. The molecule has 0 aromatic carbocycles. The molecule has 0 saturated heterocycles. The van der Waals surface area contributed by atoms with Crippen molar-refractivity contribution in [3.05, 3.63) is 38.4 Å². The summed E-state index contributed by atoms with van der Waals surface area (Å²) in [7, 11) is 4.25. The lowest BCUT2D eigenvalue weighted by Gasteiger charge is -2.13. The van der Waals surface area contributed by atoms with E-state index in [1.165, 1.54) is 30.1 Å². The SMILES string of the molecule is COC(=O)C(C)Sc1nc(-c2cccs2)nc2c1c(=O)n(C)c(=O)n2C. The third kappa shape index (κ3) is 3.06. The minimum Gasteiger partial charge on any atom is -0.468 e. The van der Waals surface area contributed by atoms with E-state index in [9.17, 15) is 14.4 Å². The summed E-state index contributed by atoms with van der Waals surface area (Å²) in [5.41, 5.74) is -0.744. The number of carbonyl (C=O) groups excluding carboxylic acids is 1. The third-order valence-electron chi connectivity index (χ3n) is 3.83. The molecule has 0 radical (unpaired) electrons. The van der Waals surface area contributed by atoms with E-state index < -0.39 is 22.5 Å². The second-order valence-electron chi connectivity index (χ2n) is 5.52. The molecular weight excluding hydrogens is 376 g/mol. The number of thioether (sulfide) groups is 1. The zero-order chi connectivity index (χ0) is 19.0. The first-order valence-electron chi connectivity index (χ1n) is 7.61. The molecule has 1 unspecified atom stereocenters. The smallest absolute Gasteiger partial charge is 0.332 e. The van der Waals surface area contributed by atoms with Gasteiger partial charge in [-0.15, -0.1) is 11.3 Å². The van der Waals surface area contributed by atoms with Crippen LogP contribution in [0, 0.1) is 0 Å². The molecule has 0 saturated carbocycles. The van der Waals surface area contributed by atoms with Crippen LogP contribution in [-0.2, 0) is 23.6 Å². The van der Waals surface area contributed by atoms with E-state index in [0.717, 1.165) is 21.2 Å². The van der Waals surface area contributed by atoms with Crippen LogP contribution >= 0.6 is 23.1 Å². The van der Waals surface area contributed by atoms with Crippen LogP contribution in [-0.4, -0.2) is 37.4 Å². The monoisotopic (exact) mass is 392 g/mol. The van der Waals surface area contributed by atoms with Crippen LogP contribution in [0.3, 0.4) is 0 Å². The van der Waals surface area contributed by atoms with E-state index in [1.807, 2.05) is 17.5 Å². The highest BCUT2D eigenvalue weighted by molar-refractivity contribution is 8.00. The van der Waals surface area contributed by atoms with E-state index in [0.29, 0.717) is 10.9 Å². The van der Waals surface area contributed by atoms with E-state index >= 15 is 0 Å². The molecule has 0 spiro atoms. The normalized spacial score (nSPS) is 12.3. The molecular formula is C16H16N4O4S2. The van der Waals surface area contributed by atoms with Crippen LogP contribution < -0.4 is 11.2 Å². The minimum absolute atomic E-state index is 0.204. The van der Waals surface area contributed by atoms with Crippen molar-refractivity contribution in [2.24, 2.45) is 14.1 Å². The van der Waals surface area contributed by atoms with E-state index in [2.05, 4.69) is 9.97 Å². The number of methoxy groups -OCH3 is 1. The van der Waals surface area contributed by atoms with Crippen molar-refractivity contribution in [1.82, 2.24) is 19.1 Å². The molecule has 8 nitrogen and oxygen atoms in total. The van der Waals surface area contributed by atoms with E-state index in [-0.39, 0.29) is 11.0 Å². The van der Waals surface area contributed by atoms with Crippen molar-refractivity contribution in [2.45, 2.75) is 17.2 Å². The fraction of sp³-hybridized carbons (Fsp3) is 0.312. The van der Waals surface area contributed by atoms with Gasteiger partial charge in [-0.1, -0.05) is 17.8 Å². The van der Waals surface area contributed by atoms with Crippen LogP contribution in [0.1, 0.15) is 6.92 Å². The molecule has 26 heavy (non-hydrogen) atoms. The van der Waals surface area contributed by atoms with Crippen LogP contribution in [0.15, 0.2) is 32.1 Å². The molecule has 0 aliphatic rings. The van der Waals surface area contributed by atoms with Gasteiger partial charge < -0.3 is 4.74 Å². The van der Waals surface area contributed by atoms with Crippen molar-refractivity contribution in [2.75, 3.05) is 7.11 Å². The summed E-state index contributed by atoms with van der Waals surface area (Å²) >= 11 is 2.55. The summed E-state index contributed by atoms with van der Waals surface area (Å²) in [4.78, 5) is 46.5. The van der Waals surface area contributed by atoms with Gasteiger partial charge in [-0.3, -0.25) is 18.7 Å². The number of hydrogen-bond donors (Lipinski definition) is 0. The molecule has 0 bridgehead atoms. The Morgan fingerprint density at radius 2 is 2.00 bits per heavy atom. The summed E-state index contributed by atoms with van der Waals surface area (Å²) < 4.78 is 7.07. The van der Waals surface area contributed by atoms with Crippen molar-refractivity contribution < 1.29 is 9.53 Å². The van der Waals surface area contributed by atoms with Crippen molar-refractivity contribution in [3.8, 4) is 10.7 Å². The van der Waals surface area contributed by atoms with Gasteiger partial charge in [0.15, 0.2) is 11.5 Å². The predicted octanol–water partition coefficient (Wildman–Crippen LogP) is 1.41. The Kier molecular flexibility index (Phi) is 4.97. The molecule has 3 heterocycles. The van der Waals surface area contributed by atoms with Crippen LogP contribution in [0.2, 0.25) is 0 Å². The van der Waals surface area contributed by atoms with Gasteiger partial charge in [0, 0.05) is 14.1 Å². The zero-order valence-corrected chi connectivity index (χ0v) is 16.2. The van der Waals surface area contributed by atoms with Gasteiger partial charge >= 0.3 is 11.7 Å². The molecule has 0 amide bonds. The number of thiophene rings is 1. The minimum atomic E-state index is -0.573. The average Bonchev–Trinajstić information content (AvgIpc) is 3.18. The molecule has 136 valence electrons. The Hall–Kier alpha value is -2.46. The van der Waals surface area contributed by atoms with Gasteiger partial charge in [0.05, 0.1) is 12.0 Å². The van der Waals surface area contributed by atoms with Gasteiger partial charge in [0.2, 0.25) is 0 Å². The Bertz CT molecular complexity index is 1100. The van der Waals surface area contributed by atoms with Crippen molar-refractivity contribution in [1.29, 1.82) is 0 Å². The standard InChI is InChI=1S/C16H16N4O4S2/c1-8(15(22)24-4)26-13-10-12(19(2)16(23)20(3)14(10)21)17-11(18-13)9-6-5-7-25-9/h5-8H,1-4H3. The largest absolute Gasteiger partial charge is 0.468 e. The molecule has 0 fully saturated rings. The Labute approximate surface area is 156 Å². The lowest BCUT2D eigenvalue weighted by molar-refractivity contribution is -0.139. The summed E-state index contributed by atoms with van der Waals surface area (Å²) in [6.45, 7) is 1.67. The maximum Gasteiger partial charge on any atom is 0.332 e. The molecule has 10 heteroatoms. The molecule has 3 rings (SSSR count). The average molecular weight is 392 g/mol. The highest BCUT2D eigenvalue weighted by Crippen LogP contribution is 2.30. The molecule has 1 atom stereocenters. The topological polar surface area (TPSA) is 96.1 Å². The molecule has 0 N–H and O–H groups in total. The number of aryl methyl sites for hydroxylation is 1. The first-order chi connectivity index (χ1) is 12.3. The van der Waals surface area contributed by atoms with E-state index in [4.69, 9.17) is 4.74 Å². The second kappa shape index (κ2) is 7.04. The molecule has 0 aliphatic carbocycles. The van der Waals surface area contributed by atoms with Gasteiger partial charge in [-0.05, 0) is 18.4 Å². The van der Waals surface area contributed by atoms with Crippen LogP contribution in [0.25, 0.3) is 21.7 Å². The van der Waals surface area contributed by atoms with Crippen LogP contribution in [0.5, 0.6) is 0 Å². The summed E-state index contributed by atoms with van der Waals surface area (Å²) in [6.07, 6.45) is 0. The number of carbonyl (C=O) groups is 1. The highest BCUT2D eigenvalue weighted by Gasteiger charge is 2.23. The summed E-state index contributed by atoms with van der Waals surface area (Å²) in [5.74, 6) is -0.0311. The molecule has 3 aromatic rings. The Morgan fingerprint density at radius 1 is 1.27 bits per heavy atom. The maximum absolute atomic E-state index is 12.7. The maximum atomic E-state index is 12.7. The number of rotatable bonds is 4. The molecule has 3 aromatic heterocycles. The number of hydrogen-bond acceptors (Lipinski definition) is 8. The van der Waals surface area contributed by atoms with Gasteiger partial charge in [0.1, 0.15) is 15.7 Å². The fourth-order valence-electron chi connectivity index (χ4n) is 2.41. The summed E-state index contributed by atoms with van der Waals surface area (Å²) in [6, 6.07) is 3.71. The molecule has 0 aliphatic heterocycles. The first-order valence-corrected chi connectivity index (χ1v) is 9.37. The number of ether oxygens (including phenoxy) is 1. The highest BCUT2D eigenvalue weighted by atomic mass is 32.2. The first kappa shape index (κ1) is 18.3. The fourth-order valence-corrected chi connectivity index (χ4v) is 4.03. The quantitative estimate of drug-likeness (QED) is 0.376. The Balaban J connectivity index is 2.34. The second-order valence-corrected chi connectivity index (χ2v) is 7.79. The van der Waals surface area contributed by atoms with E-state index in [1.54, 1.807) is 14.0 Å². The third-order valence-corrected chi connectivity index (χ3v) is 5.76. The van der Waals surface area contributed by atoms with Gasteiger partial charge in [-0.2, -0.15) is 0 Å². The Morgan fingerprint density at radius 3 is 2.62 bits per heavy atom. The predicted molar refractivity (Wildman–Crippen MR) is 101 cm³/mol.